The second-order valence-corrected chi connectivity index (χ2v) is 4.80. The van der Waals surface area contributed by atoms with Crippen LogP contribution in [0.5, 0.6) is 0 Å². The monoisotopic (exact) mass is 276 g/mol. The Labute approximate surface area is 115 Å². The summed E-state index contributed by atoms with van der Waals surface area (Å²) < 4.78 is 13.0. The van der Waals surface area contributed by atoms with Crippen LogP contribution in [0.3, 0.4) is 0 Å². The van der Waals surface area contributed by atoms with Crippen LogP contribution in [0.1, 0.15) is 10.4 Å². The summed E-state index contributed by atoms with van der Waals surface area (Å²) in [4.78, 5) is 13.0. The van der Waals surface area contributed by atoms with Crippen LogP contribution in [0.4, 0.5) is 15.8 Å². The molecule has 0 fully saturated rings. The van der Waals surface area contributed by atoms with Crippen LogP contribution < -0.4 is 11.1 Å². The maximum Gasteiger partial charge on any atom is 0.255 e. The summed E-state index contributed by atoms with van der Waals surface area (Å²) in [6, 6.07) is 11.3. The van der Waals surface area contributed by atoms with E-state index in [4.69, 9.17) is 5.73 Å². The van der Waals surface area contributed by atoms with Crippen LogP contribution in [0, 0.1) is 5.82 Å². The average molecular weight is 276 g/mol. The van der Waals surface area contributed by atoms with Gasteiger partial charge >= 0.3 is 0 Å². The Bertz CT molecular complexity index is 599. The molecule has 0 bridgehead atoms. The average Bonchev–Trinajstić information content (AvgIpc) is 2.43. The number of hydrogen-bond acceptors (Lipinski definition) is 3. The minimum Gasteiger partial charge on any atom is -0.396 e. The zero-order chi connectivity index (χ0) is 13.8. The fraction of sp³-hybridized carbons (Fsp3) is 0.0714. The molecule has 3 nitrogen and oxygen atoms in total. The van der Waals surface area contributed by atoms with Crippen LogP contribution in [-0.2, 0) is 0 Å². The van der Waals surface area contributed by atoms with Gasteiger partial charge in [-0.15, -0.1) is 11.8 Å². The Morgan fingerprint density at radius 1 is 1.21 bits per heavy atom. The Morgan fingerprint density at radius 2 is 1.89 bits per heavy atom. The van der Waals surface area contributed by atoms with E-state index in [-0.39, 0.29) is 11.6 Å². The van der Waals surface area contributed by atoms with E-state index in [9.17, 15) is 9.18 Å². The molecule has 2 aromatic rings. The first kappa shape index (κ1) is 13.4. The summed E-state index contributed by atoms with van der Waals surface area (Å²) in [5.74, 6) is -0.749. The van der Waals surface area contributed by atoms with Gasteiger partial charge in [-0.1, -0.05) is 0 Å². The van der Waals surface area contributed by atoms with Crippen molar-refractivity contribution in [1.82, 2.24) is 0 Å². The molecule has 0 spiro atoms. The number of carbonyl (C=O) groups is 1. The third-order valence-electron chi connectivity index (χ3n) is 2.61. The van der Waals surface area contributed by atoms with E-state index in [1.54, 1.807) is 23.9 Å². The Kier molecular flexibility index (Phi) is 4.06. The third kappa shape index (κ3) is 3.26. The predicted molar refractivity (Wildman–Crippen MR) is 77.0 cm³/mol. The number of nitrogen functional groups attached to an aromatic ring is 1. The molecule has 98 valence electrons. The van der Waals surface area contributed by atoms with Gasteiger partial charge in [0, 0.05) is 16.1 Å². The van der Waals surface area contributed by atoms with Crippen molar-refractivity contribution in [3.63, 3.8) is 0 Å². The number of thioether (sulfide) groups is 1. The number of nitrogens with two attached hydrogens (primary N) is 1. The highest BCUT2D eigenvalue weighted by atomic mass is 32.2. The van der Waals surface area contributed by atoms with Gasteiger partial charge < -0.3 is 11.1 Å². The first-order chi connectivity index (χ1) is 9.10. The van der Waals surface area contributed by atoms with Gasteiger partial charge in [0.25, 0.3) is 5.91 Å². The molecule has 0 heterocycles. The lowest BCUT2D eigenvalue weighted by atomic mass is 10.2. The molecule has 1 amide bonds. The summed E-state index contributed by atoms with van der Waals surface area (Å²) in [7, 11) is 0. The molecule has 3 N–H and O–H groups in total. The van der Waals surface area contributed by atoms with Gasteiger partial charge in [-0.25, -0.2) is 4.39 Å². The van der Waals surface area contributed by atoms with Crippen molar-refractivity contribution in [2.75, 3.05) is 17.3 Å². The molecule has 2 aromatic carbocycles. The van der Waals surface area contributed by atoms with Gasteiger partial charge in [0.2, 0.25) is 0 Å². The highest BCUT2D eigenvalue weighted by Crippen LogP contribution is 2.18. The van der Waals surface area contributed by atoms with Crippen LogP contribution >= 0.6 is 11.8 Å². The van der Waals surface area contributed by atoms with E-state index in [1.165, 1.54) is 18.2 Å². The van der Waals surface area contributed by atoms with Crippen molar-refractivity contribution in [3.8, 4) is 0 Å². The largest absolute Gasteiger partial charge is 0.396 e. The fourth-order valence-corrected chi connectivity index (χ4v) is 1.98. The lowest BCUT2D eigenvalue weighted by molar-refractivity contribution is 0.102. The number of nitrogens with one attached hydrogen (secondary N) is 1. The lowest BCUT2D eigenvalue weighted by Gasteiger charge is -2.07. The fourth-order valence-electron chi connectivity index (χ4n) is 1.57. The number of rotatable bonds is 3. The summed E-state index contributed by atoms with van der Waals surface area (Å²) in [5.41, 5.74) is 6.47. The standard InChI is InChI=1S/C14H13FN2OS/c1-19-11-5-2-9(3-6-11)14(18)17-10-4-7-12(15)13(16)8-10/h2-8H,16H2,1H3,(H,17,18). The highest BCUT2D eigenvalue weighted by molar-refractivity contribution is 7.98. The third-order valence-corrected chi connectivity index (χ3v) is 3.35. The van der Waals surface area contributed by atoms with Gasteiger partial charge in [-0.3, -0.25) is 4.79 Å². The molecule has 0 aromatic heterocycles. The molecule has 0 atom stereocenters. The van der Waals surface area contributed by atoms with Crippen LogP contribution in [0.2, 0.25) is 0 Å². The molecule has 0 saturated heterocycles. The molecule has 19 heavy (non-hydrogen) atoms. The zero-order valence-electron chi connectivity index (χ0n) is 10.3. The highest BCUT2D eigenvalue weighted by Gasteiger charge is 2.07. The van der Waals surface area contributed by atoms with Gasteiger partial charge in [0.05, 0.1) is 5.69 Å². The van der Waals surface area contributed by atoms with E-state index < -0.39 is 5.82 Å². The van der Waals surface area contributed by atoms with E-state index in [0.717, 1.165) is 4.90 Å². The maximum absolute atomic E-state index is 13.0. The molecule has 2 rings (SSSR count). The van der Waals surface area contributed by atoms with Gasteiger partial charge in [-0.05, 0) is 48.7 Å². The molecule has 0 saturated carbocycles. The van der Waals surface area contributed by atoms with Crippen molar-refractivity contribution in [1.29, 1.82) is 0 Å². The SMILES string of the molecule is CSc1ccc(C(=O)Nc2ccc(F)c(N)c2)cc1. The number of hydrogen-bond donors (Lipinski definition) is 2. The topological polar surface area (TPSA) is 55.1 Å². The summed E-state index contributed by atoms with van der Waals surface area (Å²) in [6.07, 6.45) is 1.97. The minimum atomic E-state index is -0.498. The first-order valence-electron chi connectivity index (χ1n) is 5.60. The molecular formula is C14H13FN2OS. The van der Waals surface area contributed by atoms with Gasteiger partial charge in [0.1, 0.15) is 5.82 Å². The second-order valence-electron chi connectivity index (χ2n) is 3.92. The van der Waals surface area contributed by atoms with E-state index in [0.29, 0.717) is 11.3 Å². The summed E-state index contributed by atoms with van der Waals surface area (Å²) >= 11 is 1.61. The molecule has 0 radical (unpaired) electrons. The van der Waals surface area contributed by atoms with Crippen LogP contribution in [-0.4, -0.2) is 12.2 Å². The van der Waals surface area contributed by atoms with Crippen molar-refractivity contribution in [3.05, 3.63) is 53.8 Å². The van der Waals surface area contributed by atoms with Gasteiger partial charge in [-0.2, -0.15) is 0 Å². The lowest BCUT2D eigenvalue weighted by Crippen LogP contribution is -2.12. The normalized spacial score (nSPS) is 10.2. The minimum absolute atomic E-state index is 0.00975. The van der Waals surface area contributed by atoms with Crippen LogP contribution in [0.25, 0.3) is 0 Å². The Balaban J connectivity index is 2.13. The molecule has 5 heteroatoms. The summed E-state index contributed by atoms with van der Waals surface area (Å²) in [6.45, 7) is 0. The number of amides is 1. The number of halogens is 1. The predicted octanol–water partition coefficient (Wildman–Crippen LogP) is 3.38. The Morgan fingerprint density at radius 3 is 2.47 bits per heavy atom. The number of carbonyl (C=O) groups excluding carboxylic acids is 1. The quantitative estimate of drug-likeness (QED) is 0.667. The molecule has 0 aliphatic heterocycles. The molecule has 0 unspecified atom stereocenters. The summed E-state index contributed by atoms with van der Waals surface area (Å²) in [5, 5.41) is 2.67. The second kappa shape index (κ2) is 5.75. The van der Waals surface area contributed by atoms with Crippen molar-refractivity contribution < 1.29 is 9.18 Å². The first-order valence-corrected chi connectivity index (χ1v) is 6.83. The zero-order valence-corrected chi connectivity index (χ0v) is 11.1. The van der Waals surface area contributed by atoms with Crippen LogP contribution in [0.15, 0.2) is 47.4 Å². The van der Waals surface area contributed by atoms with Crippen molar-refractivity contribution in [2.24, 2.45) is 0 Å². The number of benzene rings is 2. The van der Waals surface area contributed by atoms with Crippen molar-refractivity contribution >= 4 is 29.0 Å². The van der Waals surface area contributed by atoms with E-state index in [2.05, 4.69) is 5.32 Å². The van der Waals surface area contributed by atoms with Crippen molar-refractivity contribution in [2.45, 2.75) is 4.90 Å². The molecule has 0 aliphatic rings. The van der Waals surface area contributed by atoms with E-state index in [1.807, 2.05) is 18.4 Å². The molecule has 0 aliphatic carbocycles. The van der Waals surface area contributed by atoms with E-state index >= 15 is 0 Å². The smallest absolute Gasteiger partial charge is 0.255 e. The van der Waals surface area contributed by atoms with Gasteiger partial charge in [0.15, 0.2) is 0 Å². The molecular weight excluding hydrogens is 263 g/mol. The Hall–Kier alpha value is -2.01. The maximum atomic E-state index is 13.0. The number of anilines is 2.